The Bertz CT molecular complexity index is 669. The monoisotopic (exact) mass is 279 g/mol. The first-order valence-electron chi connectivity index (χ1n) is 6.45. The molecular formula is C14H15F2N3O. The van der Waals surface area contributed by atoms with Crippen LogP contribution in [0.3, 0.4) is 0 Å². The van der Waals surface area contributed by atoms with E-state index in [9.17, 15) is 8.78 Å². The molecule has 20 heavy (non-hydrogen) atoms. The van der Waals surface area contributed by atoms with Crippen LogP contribution in [0.1, 0.15) is 5.56 Å². The number of hydrogen-bond donors (Lipinski definition) is 1. The zero-order valence-corrected chi connectivity index (χ0v) is 11.1. The molecule has 0 radical (unpaired) electrons. The number of nitrogen functional groups attached to an aromatic ring is 1. The quantitative estimate of drug-likeness (QED) is 0.870. The summed E-state index contributed by atoms with van der Waals surface area (Å²) >= 11 is 0. The van der Waals surface area contributed by atoms with E-state index in [1.54, 1.807) is 6.92 Å². The van der Waals surface area contributed by atoms with Gasteiger partial charge in [0.05, 0.1) is 29.8 Å². The van der Waals surface area contributed by atoms with Crippen LogP contribution in [0.25, 0.3) is 10.9 Å². The first-order valence-corrected chi connectivity index (χ1v) is 6.45. The average molecular weight is 279 g/mol. The van der Waals surface area contributed by atoms with Gasteiger partial charge in [0, 0.05) is 30.8 Å². The third-order valence-electron chi connectivity index (χ3n) is 3.58. The van der Waals surface area contributed by atoms with Gasteiger partial charge >= 0.3 is 0 Å². The molecule has 6 heteroatoms. The van der Waals surface area contributed by atoms with Crippen LogP contribution in [0.5, 0.6) is 0 Å². The molecule has 0 aliphatic carbocycles. The molecule has 1 saturated heterocycles. The van der Waals surface area contributed by atoms with E-state index in [4.69, 9.17) is 10.5 Å². The van der Waals surface area contributed by atoms with Gasteiger partial charge in [-0.25, -0.2) is 13.8 Å². The fraction of sp³-hybridized carbons (Fsp3) is 0.357. The van der Waals surface area contributed by atoms with Gasteiger partial charge < -0.3 is 15.4 Å². The van der Waals surface area contributed by atoms with Crippen molar-refractivity contribution in [3.05, 3.63) is 29.3 Å². The largest absolute Gasteiger partial charge is 0.398 e. The van der Waals surface area contributed by atoms with E-state index in [2.05, 4.69) is 4.98 Å². The highest BCUT2D eigenvalue weighted by Gasteiger charge is 2.19. The molecule has 1 aromatic carbocycles. The minimum atomic E-state index is -0.679. The lowest BCUT2D eigenvalue weighted by atomic mass is 10.1. The van der Waals surface area contributed by atoms with Gasteiger partial charge in [0.2, 0.25) is 0 Å². The number of ether oxygens (including phenoxy) is 1. The standard InChI is InChI=1S/C14H15F2N3O/c1-8-13(17)12-10(16)6-9(15)7-11(12)18-14(8)19-2-4-20-5-3-19/h6-7H,2-5H2,1H3,(H2,17,18). The van der Waals surface area contributed by atoms with E-state index in [-0.39, 0.29) is 10.9 Å². The topological polar surface area (TPSA) is 51.4 Å². The normalized spacial score (nSPS) is 15.8. The Labute approximate surface area is 115 Å². The highest BCUT2D eigenvalue weighted by atomic mass is 19.1. The predicted molar refractivity (Wildman–Crippen MR) is 73.8 cm³/mol. The van der Waals surface area contributed by atoms with Gasteiger partial charge in [0.15, 0.2) is 0 Å². The van der Waals surface area contributed by atoms with E-state index < -0.39 is 11.6 Å². The van der Waals surface area contributed by atoms with Gasteiger partial charge in [0.25, 0.3) is 0 Å². The zero-order chi connectivity index (χ0) is 14.3. The molecule has 1 aliphatic rings. The van der Waals surface area contributed by atoms with Crippen molar-refractivity contribution in [3.8, 4) is 0 Å². The minimum Gasteiger partial charge on any atom is -0.398 e. The number of nitrogens with two attached hydrogens (primary N) is 1. The lowest BCUT2D eigenvalue weighted by Gasteiger charge is -2.29. The Morgan fingerprint density at radius 3 is 2.65 bits per heavy atom. The number of rotatable bonds is 1. The van der Waals surface area contributed by atoms with Gasteiger partial charge in [0.1, 0.15) is 17.5 Å². The molecule has 2 aromatic rings. The number of nitrogens with zero attached hydrogens (tertiary/aromatic N) is 2. The fourth-order valence-corrected chi connectivity index (χ4v) is 2.50. The molecule has 2 heterocycles. The number of hydrogen-bond acceptors (Lipinski definition) is 4. The molecule has 1 aliphatic heterocycles. The maximum atomic E-state index is 13.9. The van der Waals surface area contributed by atoms with Crippen LogP contribution in [0.2, 0.25) is 0 Å². The van der Waals surface area contributed by atoms with Crippen molar-refractivity contribution in [2.24, 2.45) is 0 Å². The number of benzene rings is 1. The summed E-state index contributed by atoms with van der Waals surface area (Å²) in [5, 5.41) is 0.181. The molecule has 2 N–H and O–H groups in total. The van der Waals surface area contributed by atoms with Crippen LogP contribution in [0, 0.1) is 18.6 Å². The smallest absolute Gasteiger partial charge is 0.137 e. The Morgan fingerprint density at radius 1 is 1.25 bits per heavy atom. The molecule has 1 fully saturated rings. The van der Waals surface area contributed by atoms with E-state index in [0.29, 0.717) is 43.4 Å². The van der Waals surface area contributed by atoms with Crippen molar-refractivity contribution in [1.82, 2.24) is 4.98 Å². The van der Waals surface area contributed by atoms with E-state index in [1.165, 1.54) is 6.07 Å². The summed E-state index contributed by atoms with van der Waals surface area (Å²) in [6.07, 6.45) is 0. The number of anilines is 2. The Balaban J connectivity index is 2.21. The Kier molecular flexibility index (Phi) is 3.17. The van der Waals surface area contributed by atoms with Crippen molar-refractivity contribution >= 4 is 22.4 Å². The summed E-state index contributed by atoms with van der Waals surface area (Å²) in [6.45, 7) is 4.40. The summed E-state index contributed by atoms with van der Waals surface area (Å²) < 4.78 is 32.5. The molecule has 0 saturated carbocycles. The van der Waals surface area contributed by atoms with E-state index in [1.807, 2.05) is 4.90 Å². The number of fused-ring (bicyclic) bond motifs is 1. The second-order valence-electron chi connectivity index (χ2n) is 4.86. The van der Waals surface area contributed by atoms with Crippen molar-refractivity contribution < 1.29 is 13.5 Å². The van der Waals surface area contributed by atoms with Crippen LogP contribution in [-0.4, -0.2) is 31.3 Å². The lowest BCUT2D eigenvalue weighted by molar-refractivity contribution is 0.122. The van der Waals surface area contributed by atoms with Gasteiger partial charge in [-0.15, -0.1) is 0 Å². The van der Waals surface area contributed by atoms with Crippen molar-refractivity contribution in [2.45, 2.75) is 6.92 Å². The SMILES string of the molecule is Cc1c(N2CCOCC2)nc2cc(F)cc(F)c2c1N. The zero-order valence-electron chi connectivity index (χ0n) is 11.1. The van der Waals surface area contributed by atoms with Gasteiger partial charge in [-0.3, -0.25) is 0 Å². The number of pyridine rings is 1. The summed E-state index contributed by atoms with van der Waals surface area (Å²) in [5.74, 6) is -0.663. The Hall–Kier alpha value is -1.95. The number of halogens is 2. The van der Waals surface area contributed by atoms with Crippen molar-refractivity contribution in [1.29, 1.82) is 0 Å². The third-order valence-corrected chi connectivity index (χ3v) is 3.58. The molecule has 0 spiro atoms. The van der Waals surface area contributed by atoms with Crippen molar-refractivity contribution in [2.75, 3.05) is 36.9 Å². The maximum Gasteiger partial charge on any atom is 0.137 e. The van der Waals surface area contributed by atoms with Gasteiger partial charge in [-0.05, 0) is 6.92 Å². The van der Waals surface area contributed by atoms with E-state index in [0.717, 1.165) is 6.07 Å². The summed E-state index contributed by atoms with van der Waals surface area (Å²) in [5.41, 5.74) is 7.29. The summed E-state index contributed by atoms with van der Waals surface area (Å²) in [6, 6.07) is 2.03. The molecule has 4 nitrogen and oxygen atoms in total. The average Bonchev–Trinajstić information content (AvgIpc) is 2.43. The van der Waals surface area contributed by atoms with E-state index >= 15 is 0 Å². The molecule has 0 unspecified atom stereocenters. The Morgan fingerprint density at radius 2 is 1.95 bits per heavy atom. The molecule has 106 valence electrons. The lowest BCUT2D eigenvalue weighted by Crippen LogP contribution is -2.37. The summed E-state index contributed by atoms with van der Waals surface area (Å²) in [4.78, 5) is 6.42. The van der Waals surface area contributed by atoms with Crippen LogP contribution >= 0.6 is 0 Å². The molecule has 0 bridgehead atoms. The number of morpholine rings is 1. The van der Waals surface area contributed by atoms with Crippen LogP contribution in [0.4, 0.5) is 20.3 Å². The first kappa shape index (κ1) is 13.1. The molecule has 1 aromatic heterocycles. The second-order valence-corrected chi connectivity index (χ2v) is 4.86. The molecule has 0 atom stereocenters. The fourth-order valence-electron chi connectivity index (χ4n) is 2.50. The first-order chi connectivity index (χ1) is 9.58. The number of aromatic nitrogens is 1. The van der Waals surface area contributed by atoms with Crippen LogP contribution in [0.15, 0.2) is 12.1 Å². The third kappa shape index (κ3) is 2.06. The van der Waals surface area contributed by atoms with Gasteiger partial charge in [-0.2, -0.15) is 0 Å². The molecular weight excluding hydrogens is 264 g/mol. The van der Waals surface area contributed by atoms with Crippen LogP contribution < -0.4 is 10.6 Å². The minimum absolute atomic E-state index is 0.181. The van der Waals surface area contributed by atoms with Crippen LogP contribution in [-0.2, 0) is 4.74 Å². The highest BCUT2D eigenvalue weighted by Crippen LogP contribution is 2.32. The maximum absolute atomic E-state index is 13.9. The second kappa shape index (κ2) is 4.86. The van der Waals surface area contributed by atoms with Gasteiger partial charge in [-0.1, -0.05) is 0 Å². The van der Waals surface area contributed by atoms with Crippen molar-refractivity contribution in [3.63, 3.8) is 0 Å². The predicted octanol–water partition coefficient (Wildman–Crippen LogP) is 2.24. The highest BCUT2D eigenvalue weighted by molar-refractivity contribution is 5.94. The summed E-state index contributed by atoms with van der Waals surface area (Å²) in [7, 11) is 0. The molecule has 3 rings (SSSR count). The molecule has 0 amide bonds.